The van der Waals surface area contributed by atoms with Crippen LogP contribution in [0.2, 0.25) is 0 Å². The first-order chi connectivity index (χ1) is 14.4. The van der Waals surface area contributed by atoms with Crippen molar-refractivity contribution in [3.8, 4) is 0 Å². The van der Waals surface area contributed by atoms with Gasteiger partial charge in [0, 0.05) is 23.5 Å². The Bertz CT molecular complexity index is 1060. The van der Waals surface area contributed by atoms with Gasteiger partial charge in [0.25, 0.3) is 0 Å². The number of fused-ring (bicyclic) bond motifs is 1. The van der Waals surface area contributed by atoms with Crippen molar-refractivity contribution >= 4 is 22.7 Å². The average molecular weight is 422 g/mol. The minimum Gasteiger partial charge on any atom is -0.443 e. The molecule has 2 aromatic carbocycles. The second kappa shape index (κ2) is 8.37. The molecule has 3 rings (SSSR count). The molecule has 166 valence electrons. The van der Waals surface area contributed by atoms with Crippen LogP contribution >= 0.6 is 0 Å². The predicted octanol–water partition coefficient (Wildman–Crippen LogP) is 6.51. The number of carbonyl (C=O) groups excluding carboxylic acids is 1. The molecule has 1 heterocycles. The maximum atomic E-state index is 12.3. The molecule has 0 bridgehead atoms. The van der Waals surface area contributed by atoms with Crippen LogP contribution in [0.25, 0.3) is 10.9 Å². The summed E-state index contributed by atoms with van der Waals surface area (Å²) in [5, 5.41) is 5.83. The third-order valence-electron chi connectivity index (χ3n) is 5.58. The highest BCUT2D eigenvalue weighted by Crippen LogP contribution is 2.29. The third kappa shape index (κ3) is 5.27. The molecule has 0 spiro atoms. The van der Waals surface area contributed by atoms with E-state index in [0.717, 1.165) is 17.7 Å². The Morgan fingerprint density at radius 2 is 1.71 bits per heavy atom. The number of amides is 1. The van der Waals surface area contributed by atoms with Crippen LogP contribution in [0.4, 0.5) is 10.5 Å². The Kier molecular flexibility index (Phi) is 6.17. The molecule has 5 heteroatoms. The Balaban J connectivity index is 1.78. The Labute approximate surface area is 186 Å². The molecular weight excluding hydrogens is 386 g/mol. The van der Waals surface area contributed by atoms with E-state index in [1.54, 1.807) is 7.05 Å². The fraction of sp³-hybridized carbons (Fsp3) is 0.462. The number of aromatic nitrogens is 2. The fourth-order valence-electron chi connectivity index (χ4n) is 3.63. The zero-order valence-electron chi connectivity index (χ0n) is 20.1. The summed E-state index contributed by atoms with van der Waals surface area (Å²) in [6, 6.07) is 14.7. The first-order valence-electron chi connectivity index (χ1n) is 10.9. The largest absolute Gasteiger partial charge is 0.443 e. The molecule has 0 saturated heterocycles. The lowest BCUT2D eigenvalue weighted by atomic mass is 9.84. The van der Waals surface area contributed by atoms with Gasteiger partial charge in [0.05, 0.1) is 18.3 Å². The zero-order valence-corrected chi connectivity index (χ0v) is 20.1. The summed E-state index contributed by atoms with van der Waals surface area (Å²) in [6.07, 6.45) is 1.60. The highest BCUT2D eigenvalue weighted by Gasteiger charge is 2.24. The van der Waals surface area contributed by atoms with Gasteiger partial charge in [-0.1, -0.05) is 45.9 Å². The first-order valence-corrected chi connectivity index (χ1v) is 10.9. The number of hydrogen-bond acceptors (Lipinski definition) is 3. The van der Waals surface area contributed by atoms with Crippen LogP contribution in [0.1, 0.15) is 65.5 Å². The SMILES string of the molecule is CC(C)c1ccc2c(cnn2CC(C)(C)c2ccc(N(C)C(=O)OC(C)(C)C)cc2)c1. The molecule has 0 N–H and O–H groups in total. The molecule has 0 radical (unpaired) electrons. The summed E-state index contributed by atoms with van der Waals surface area (Å²) in [5.41, 5.74) is 3.83. The first kappa shape index (κ1) is 22.9. The Hall–Kier alpha value is -2.82. The van der Waals surface area contributed by atoms with Crippen molar-refractivity contribution in [2.45, 2.75) is 71.9 Å². The number of hydrogen-bond donors (Lipinski definition) is 0. The summed E-state index contributed by atoms with van der Waals surface area (Å²) >= 11 is 0. The summed E-state index contributed by atoms with van der Waals surface area (Å²) < 4.78 is 7.54. The van der Waals surface area contributed by atoms with Gasteiger partial charge >= 0.3 is 6.09 Å². The van der Waals surface area contributed by atoms with Crippen LogP contribution in [-0.4, -0.2) is 28.5 Å². The predicted molar refractivity (Wildman–Crippen MR) is 128 cm³/mol. The van der Waals surface area contributed by atoms with Gasteiger partial charge in [0.1, 0.15) is 5.60 Å². The average Bonchev–Trinajstić information content (AvgIpc) is 3.07. The fourth-order valence-corrected chi connectivity index (χ4v) is 3.63. The van der Waals surface area contributed by atoms with E-state index in [2.05, 4.69) is 67.8 Å². The maximum absolute atomic E-state index is 12.3. The maximum Gasteiger partial charge on any atom is 0.414 e. The van der Waals surface area contributed by atoms with Crippen molar-refractivity contribution in [1.82, 2.24) is 9.78 Å². The number of carbonyl (C=O) groups is 1. The van der Waals surface area contributed by atoms with Crippen molar-refractivity contribution in [2.75, 3.05) is 11.9 Å². The normalized spacial score (nSPS) is 12.4. The van der Waals surface area contributed by atoms with Gasteiger partial charge in [-0.25, -0.2) is 4.79 Å². The minimum absolute atomic E-state index is 0.126. The van der Waals surface area contributed by atoms with E-state index >= 15 is 0 Å². The van der Waals surface area contributed by atoms with Crippen molar-refractivity contribution < 1.29 is 9.53 Å². The molecule has 1 amide bonds. The lowest BCUT2D eigenvalue weighted by Gasteiger charge is -2.27. The van der Waals surface area contributed by atoms with Crippen LogP contribution < -0.4 is 4.90 Å². The van der Waals surface area contributed by atoms with E-state index < -0.39 is 5.60 Å². The van der Waals surface area contributed by atoms with Crippen LogP contribution in [0, 0.1) is 0 Å². The molecule has 1 aromatic heterocycles. The van der Waals surface area contributed by atoms with E-state index in [9.17, 15) is 4.79 Å². The quantitative estimate of drug-likeness (QED) is 0.472. The molecule has 0 saturated carbocycles. The van der Waals surface area contributed by atoms with E-state index in [4.69, 9.17) is 4.74 Å². The molecule has 0 atom stereocenters. The Morgan fingerprint density at radius 3 is 2.29 bits per heavy atom. The van der Waals surface area contributed by atoms with Crippen LogP contribution in [0.3, 0.4) is 0 Å². The smallest absolute Gasteiger partial charge is 0.414 e. The monoisotopic (exact) mass is 421 g/mol. The lowest BCUT2D eigenvalue weighted by Crippen LogP contribution is -2.34. The molecule has 5 nitrogen and oxygen atoms in total. The van der Waals surface area contributed by atoms with Crippen molar-refractivity contribution in [2.24, 2.45) is 0 Å². The summed E-state index contributed by atoms with van der Waals surface area (Å²) in [7, 11) is 1.73. The summed E-state index contributed by atoms with van der Waals surface area (Å²) in [5.74, 6) is 0.501. The third-order valence-corrected chi connectivity index (χ3v) is 5.58. The van der Waals surface area contributed by atoms with E-state index in [1.807, 2.05) is 39.1 Å². The minimum atomic E-state index is -0.518. The molecule has 0 aliphatic heterocycles. The standard InChI is InChI=1S/C26H35N3O2/c1-18(2)19-9-14-23-20(15-19)16-27-29(23)17-26(6,7)21-10-12-22(13-11-21)28(8)24(30)31-25(3,4)5/h9-16,18H,17H2,1-8H3. The van der Waals surface area contributed by atoms with Crippen LogP contribution in [-0.2, 0) is 16.7 Å². The van der Waals surface area contributed by atoms with Crippen molar-refractivity contribution in [3.05, 3.63) is 59.8 Å². The second-order valence-electron chi connectivity index (χ2n) is 10.2. The lowest BCUT2D eigenvalue weighted by molar-refractivity contribution is 0.0589. The van der Waals surface area contributed by atoms with Gasteiger partial charge in [0.15, 0.2) is 0 Å². The van der Waals surface area contributed by atoms with Crippen molar-refractivity contribution in [1.29, 1.82) is 0 Å². The molecule has 0 unspecified atom stereocenters. The van der Waals surface area contributed by atoms with Gasteiger partial charge in [0.2, 0.25) is 0 Å². The number of anilines is 1. The van der Waals surface area contributed by atoms with Crippen LogP contribution in [0.5, 0.6) is 0 Å². The molecular formula is C26H35N3O2. The van der Waals surface area contributed by atoms with Gasteiger partial charge in [-0.3, -0.25) is 9.58 Å². The van der Waals surface area contributed by atoms with E-state index in [1.165, 1.54) is 21.4 Å². The molecule has 0 aliphatic rings. The molecule has 3 aromatic rings. The van der Waals surface area contributed by atoms with E-state index in [-0.39, 0.29) is 11.5 Å². The number of benzene rings is 2. The highest BCUT2D eigenvalue weighted by atomic mass is 16.6. The van der Waals surface area contributed by atoms with Gasteiger partial charge in [-0.15, -0.1) is 0 Å². The molecule has 0 fully saturated rings. The zero-order chi connectivity index (χ0) is 23.0. The number of rotatable bonds is 5. The second-order valence-corrected chi connectivity index (χ2v) is 10.2. The van der Waals surface area contributed by atoms with Crippen LogP contribution in [0.15, 0.2) is 48.7 Å². The summed E-state index contributed by atoms with van der Waals surface area (Å²) in [4.78, 5) is 13.9. The molecule has 31 heavy (non-hydrogen) atoms. The van der Waals surface area contributed by atoms with E-state index in [0.29, 0.717) is 5.92 Å². The van der Waals surface area contributed by atoms with Gasteiger partial charge in [-0.2, -0.15) is 5.10 Å². The number of nitrogens with zero attached hydrogens (tertiary/aromatic N) is 3. The van der Waals surface area contributed by atoms with Gasteiger partial charge in [-0.05, 0) is 62.1 Å². The summed E-state index contributed by atoms with van der Waals surface area (Å²) in [6.45, 7) is 15.2. The highest BCUT2D eigenvalue weighted by molar-refractivity contribution is 5.87. The number of ether oxygens (including phenoxy) is 1. The molecule has 0 aliphatic carbocycles. The van der Waals surface area contributed by atoms with Gasteiger partial charge < -0.3 is 4.74 Å². The van der Waals surface area contributed by atoms with Crippen molar-refractivity contribution in [3.63, 3.8) is 0 Å². The topological polar surface area (TPSA) is 47.4 Å². The Morgan fingerprint density at radius 1 is 1.06 bits per heavy atom.